The van der Waals surface area contributed by atoms with Crippen molar-refractivity contribution in [3.05, 3.63) is 234 Å². The van der Waals surface area contributed by atoms with E-state index in [2.05, 4.69) is 91.0 Å². The van der Waals surface area contributed by atoms with Gasteiger partial charge in [0.05, 0.1) is 0 Å². The normalized spacial score (nSPS) is 11.3. The van der Waals surface area contributed by atoms with E-state index < -0.39 is 7.82 Å². The first kappa shape index (κ1) is 42.9. The molecule has 0 aliphatic rings. The van der Waals surface area contributed by atoms with E-state index in [0.29, 0.717) is 17.2 Å². The van der Waals surface area contributed by atoms with Crippen LogP contribution in [-0.4, -0.2) is 0 Å². The average molecular weight is 867 g/mol. The SMILES string of the molecule is Cc1ccc(-c2ccccc2-c2ccccc2)c(OP(=O)(Oc2c(-c3ccccc3-c3ccccc3)ccc(C)c2C)Oc2c(-c3ccccc3-c3ccccc3)ccc(C)c2C)c1C. The van der Waals surface area contributed by atoms with Gasteiger partial charge in [0, 0.05) is 16.7 Å². The van der Waals surface area contributed by atoms with Crippen LogP contribution >= 0.6 is 7.82 Å². The molecule has 9 rings (SSSR count). The third-order valence-corrected chi connectivity index (χ3v) is 13.8. The van der Waals surface area contributed by atoms with E-state index in [4.69, 9.17) is 13.6 Å². The van der Waals surface area contributed by atoms with Crippen molar-refractivity contribution in [3.63, 3.8) is 0 Å². The van der Waals surface area contributed by atoms with E-state index in [-0.39, 0.29) is 0 Å². The molecule has 5 heteroatoms. The molecule has 0 unspecified atom stereocenters. The highest BCUT2D eigenvalue weighted by Gasteiger charge is 2.39. The molecular weight excluding hydrogens is 816 g/mol. The Morgan fingerprint density at radius 2 is 0.492 bits per heavy atom. The minimum atomic E-state index is -4.73. The molecular formula is C60H51O4P. The summed E-state index contributed by atoms with van der Waals surface area (Å²) in [5.74, 6) is 1.26. The summed E-state index contributed by atoms with van der Waals surface area (Å²) in [6.07, 6.45) is 0. The molecule has 0 saturated carbocycles. The van der Waals surface area contributed by atoms with Gasteiger partial charge in [0.1, 0.15) is 17.2 Å². The van der Waals surface area contributed by atoms with Gasteiger partial charge in [-0.15, -0.1) is 0 Å². The number of hydrogen-bond acceptors (Lipinski definition) is 4. The maximum absolute atomic E-state index is 16.7. The summed E-state index contributed by atoms with van der Waals surface area (Å²) in [6.45, 7) is 12.1. The molecule has 320 valence electrons. The monoisotopic (exact) mass is 866 g/mol. The van der Waals surface area contributed by atoms with Gasteiger partial charge in [0.2, 0.25) is 0 Å². The summed E-state index contributed by atoms with van der Waals surface area (Å²) in [5.41, 5.74) is 16.7. The smallest absolute Gasteiger partial charge is 0.385 e. The summed E-state index contributed by atoms with van der Waals surface area (Å²) in [5, 5.41) is 0. The molecule has 0 aliphatic heterocycles. The molecule has 0 saturated heterocycles. The van der Waals surface area contributed by atoms with Gasteiger partial charge in [-0.1, -0.05) is 200 Å². The molecule has 9 aromatic rings. The van der Waals surface area contributed by atoms with Gasteiger partial charge in [-0.05, 0) is 125 Å². The Hall–Kier alpha value is -7.39. The zero-order valence-corrected chi connectivity index (χ0v) is 38.5. The predicted molar refractivity (Wildman–Crippen MR) is 270 cm³/mol. The lowest BCUT2D eigenvalue weighted by Gasteiger charge is -2.27. The van der Waals surface area contributed by atoms with Crippen molar-refractivity contribution in [2.45, 2.75) is 41.5 Å². The topological polar surface area (TPSA) is 44.8 Å². The van der Waals surface area contributed by atoms with Crippen LogP contribution in [0.4, 0.5) is 0 Å². The first-order chi connectivity index (χ1) is 31.6. The van der Waals surface area contributed by atoms with E-state index in [1.807, 2.05) is 151 Å². The van der Waals surface area contributed by atoms with E-state index in [1.54, 1.807) is 0 Å². The Kier molecular flexibility index (Phi) is 12.1. The number of rotatable bonds is 12. The van der Waals surface area contributed by atoms with E-state index >= 15 is 4.57 Å². The quantitative estimate of drug-likeness (QED) is 0.115. The molecule has 0 aromatic heterocycles. The van der Waals surface area contributed by atoms with E-state index in [1.165, 1.54) is 0 Å². The summed E-state index contributed by atoms with van der Waals surface area (Å²) in [4.78, 5) is 0. The lowest BCUT2D eigenvalue weighted by atomic mass is 9.92. The number of hydrogen-bond donors (Lipinski definition) is 0. The molecule has 9 aromatic carbocycles. The fraction of sp³-hybridized carbons (Fsp3) is 0.100. The minimum Gasteiger partial charge on any atom is -0.385 e. The van der Waals surface area contributed by atoms with Crippen LogP contribution < -0.4 is 13.6 Å². The van der Waals surface area contributed by atoms with Crippen LogP contribution in [-0.2, 0) is 4.57 Å². The summed E-state index contributed by atoms with van der Waals surface area (Å²) in [6, 6.07) is 68.0. The van der Waals surface area contributed by atoms with Gasteiger partial charge >= 0.3 is 7.82 Å². The Balaban J connectivity index is 1.28. The lowest BCUT2D eigenvalue weighted by molar-refractivity contribution is 0.297. The third kappa shape index (κ3) is 8.66. The molecule has 65 heavy (non-hydrogen) atoms. The Morgan fingerprint density at radius 3 is 0.754 bits per heavy atom. The van der Waals surface area contributed by atoms with Crippen LogP contribution in [0, 0.1) is 41.5 Å². The lowest BCUT2D eigenvalue weighted by Crippen LogP contribution is -2.12. The molecule has 0 N–H and O–H groups in total. The fourth-order valence-electron chi connectivity index (χ4n) is 8.51. The minimum absolute atomic E-state index is 0.421. The van der Waals surface area contributed by atoms with Crippen molar-refractivity contribution >= 4 is 7.82 Å². The predicted octanol–water partition coefficient (Wildman–Crippen LogP) is 17.2. The highest BCUT2D eigenvalue weighted by Crippen LogP contribution is 2.58. The van der Waals surface area contributed by atoms with Crippen LogP contribution in [0.1, 0.15) is 33.4 Å². The Labute approximate surface area is 383 Å². The summed E-state index contributed by atoms with van der Waals surface area (Å²) < 4.78 is 38.0. The fourth-order valence-corrected chi connectivity index (χ4v) is 10.0. The second-order valence-electron chi connectivity index (χ2n) is 16.6. The van der Waals surface area contributed by atoms with Gasteiger partial charge in [0.15, 0.2) is 0 Å². The van der Waals surface area contributed by atoms with Crippen molar-refractivity contribution in [3.8, 4) is 84.0 Å². The molecule has 0 radical (unpaired) electrons. The molecule has 0 amide bonds. The van der Waals surface area contributed by atoms with Crippen molar-refractivity contribution in [2.75, 3.05) is 0 Å². The molecule has 0 aliphatic carbocycles. The van der Waals surface area contributed by atoms with Crippen LogP contribution in [0.3, 0.4) is 0 Å². The van der Waals surface area contributed by atoms with Crippen molar-refractivity contribution in [1.82, 2.24) is 0 Å². The highest BCUT2D eigenvalue weighted by molar-refractivity contribution is 7.49. The zero-order chi connectivity index (χ0) is 45.1. The van der Waals surface area contributed by atoms with Crippen LogP contribution in [0.15, 0.2) is 200 Å². The molecule has 0 fully saturated rings. The number of phosphoric ester groups is 1. The molecule has 0 spiro atoms. The number of benzene rings is 9. The highest BCUT2D eigenvalue weighted by atomic mass is 31.2. The Morgan fingerprint density at radius 1 is 0.262 bits per heavy atom. The summed E-state index contributed by atoms with van der Waals surface area (Å²) >= 11 is 0. The molecule has 0 bridgehead atoms. The van der Waals surface area contributed by atoms with Crippen LogP contribution in [0.2, 0.25) is 0 Å². The maximum atomic E-state index is 16.7. The molecule has 0 heterocycles. The maximum Gasteiger partial charge on any atom is 0.647 e. The van der Waals surface area contributed by atoms with E-state index in [0.717, 1.165) is 100 Å². The standard InChI is InChI=1S/C60H51O4P/c1-40-34-37-55(52-31-19-16-28-49(52)46-22-10-7-11-23-46)58(43(40)4)62-65(61,63-59-44(5)41(2)35-38-56(59)53-32-20-17-29-50(53)47-24-12-8-13-25-47)64-60-45(6)42(3)36-39-57(60)54-33-21-18-30-51(54)48-26-14-9-15-27-48/h7-39H,1-6H3. The van der Waals surface area contributed by atoms with Crippen LogP contribution in [0.25, 0.3) is 66.8 Å². The first-order valence-electron chi connectivity index (χ1n) is 22.0. The Bertz CT molecular complexity index is 2870. The van der Waals surface area contributed by atoms with Gasteiger partial charge < -0.3 is 13.6 Å². The van der Waals surface area contributed by atoms with Crippen LogP contribution in [0.5, 0.6) is 17.2 Å². The van der Waals surface area contributed by atoms with Crippen molar-refractivity contribution in [1.29, 1.82) is 0 Å². The second kappa shape index (κ2) is 18.4. The van der Waals surface area contributed by atoms with Crippen molar-refractivity contribution in [2.24, 2.45) is 0 Å². The average Bonchev–Trinajstić information content (AvgIpc) is 3.34. The summed E-state index contributed by atoms with van der Waals surface area (Å²) in [7, 11) is -4.73. The van der Waals surface area contributed by atoms with Crippen molar-refractivity contribution < 1.29 is 18.1 Å². The van der Waals surface area contributed by atoms with Gasteiger partial charge in [-0.2, -0.15) is 4.57 Å². The zero-order valence-electron chi connectivity index (χ0n) is 37.6. The van der Waals surface area contributed by atoms with Gasteiger partial charge in [0.25, 0.3) is 0 Å². The molecule has 0 atom stereocenters. The van der Waals surface area contributed by atoms with E-state index in [9.17, 15) is 0 Å². The largest absolute Gasteiger partial charge is 0.647 e. The second-order valence-corrected chi connectivity index (χ2v) is 18.1. The van der Waals surface area contributed by atoms with Gasteiger partial charge in [-0.3, -0.25) is 0 Å². The number of phosphoric acid groups is 1. The molecule has 4 nitrogen and oxygen atoms in total. The van der Waals surface area contributed by atoms with Gasteiger partial charge in [-0.25, -0.2) is 0 Å². The number of aryl methyl sites for hydroxylation is 3. The first-order valence-corrected chi connectivity index (χ1v) is 23.5. The third-order valence-electron chi connectivity index (χ3n) is 12.5.